The Balaban J connectivity index is 2.30. The second kappa shape index (κ2) is 6.54. The zero-order valence-electron chi connectivity index (χ0n) is 13.1. The van der Waals surface area contributed by atoms with Gasteiger partial charge in [-0.15, -0.1) is 0 Å². The third-order valence-electron chi connectivity index (χ3n) is 3.87. The van der Waals surface area contributed by atoms with Crippen molar-refractivity contribution in [3.63, 3.8) is 0 Å². The molecule has 0 radical (unpaired) electrons. The van der Waals surface area contributed by atoms with Gasteiger partial charge in [0, 0.05) is 12.6 Å². The predicted octanol–water partition coefficient (Wildman–Crippen LogP) is 1.98. The molecule has 2 rings (SSSR count). The van der Waals surface area contributed by atoms with Gasteiger partial charge in [-0.2, -0.15) is 0 Å². The number of likely N-dealkylation sites (N-methyl/N-ethyl adjacent to an activating group) is 1. The maximum Gasteiger partial charge on any atom is 0.241 e. The topological polar surface area (TPSA) is 35.6 Å². The quantitative estimate of drug-likeness (QED) is 0.902. The molecule has 0 bridgehead atoms. The Morgan fingerprint density at radius 1 is 1.43 bits per heavy atom. The molecular formula is C16H24FN3O. The zero-order chi connectivity index (χ0) is 15.6. The number of hydrogen-bond acceptors (Lipinski definition) is 3. The number of hydrogen-bond donors (Lipinski definition) is 1. The summed E-state index contributed by atoms with van der Waals surface area (Å²) in [6.07, 6.45) is 0.476. The largest absolute Gasteiger partial charge is 0.318 e. The van der Waals surface area contributed by atoms with Crippen LogP contribution in [-0.4, -0.2) is 48.4 Å². The van der Waals surface area contributed by atoms with Crippen LogP contribution in [0.3, 0.4) is 0 Å². The fourth-order valence-electron chi connectivity index (χ4n) is 2.96. The molecule has 1 aromatic carbocycles. The van der Waals surface area contributed by atoms with E-state index >= 15 is 0 Å². The van der Waals surface area contributed by atoms with Gasteiger partial charge in [0.05, 0.1) is 6.04 Å². The summed E-state index contributed by atoms with van der Waals surface area (Å²) >= 11 is 0. The van der Waals surface area contributed by atoms with E-state index in [1.165, 1.54) is 12.1 Å². The van der Waals surface area contributed by atoms with E-state index in [0.717, 1.165) is 18.5 Å². The van der Waals surface area contributed by atoms with Crippen molar-refractivity contribution >= 4 is 5.91 Å². The highest BCUT2D eigenvalue weighted by molar-refractivity contribution is 5.84. The van der Waals surface area contributed by atoms with Crippen molar-refractivity contribution in [1.29, 1.82) is 0 Å². The number of carbonyl (C=O) groups excluding carboxylic acids is 1. The lowest BCUT2D eigenvalue weighted by molar-refractivity contribution is -0.132. The molecule has 1 saturated heterocycles. The molecule has 116 valence electrons. The van der Waals surface area contributed by atoms with E-state index in [1.807, 2.05) is 38.9 Å². The second-order valence-electron chi connectivity index (χ2n) is 5.94. The van der Waals surface area contributed by atoms with E-state index in [1.54, 1.807) is 6.07 Å². The fourth-order valence-corrected chi connectivity index (χ4v) is 2.96. The molecule has 3 unspecified atom stereocenters. The van der Waals surface area contributed by atoms with Crippen molar-refractivity contribution in [1.82, 2.24) is 15.1 Å². The second-order valence-corrected chi connectivity index (χ2v) is 5.94. The summed E-state index contributed by atoms with van der Waals surface area (Å²) in [5.41, 5.74) is 0.796. The number of amides is 1. The number of rotatable bonds is 5. The number of carbonyl (C=O) groups is 1. The summed E-state index contributed by atoms with van der Waals surface area (Å²) in [7, 11) is 3.97. The van der Waals surface area contributed by atoms with Gasteiger partial charge in [0.25, 0.3) is 0 Å². The smallest absolute Gasteiger partial charge is 0.241 e. The van der Waals surface area contributed by atoms with Crippen LogP contribution in [0.2, 0.25) is 0 Å². The van der Waals surface area contributed by atoms with Gasteiger partial charge in [-0.3, -0.25) is 10.1 Å². The van der Waals surface area contributed by atoms with Gasteiger partial charge in [-0.25, -0.2) is 4.39 Å². The summed E-state index contributed by atoms with van der Waals surface area (Å²) in [4.78, 5) is 16.5. The van der Waals surface area contributed by atoms with Gasteiger partial charge in [0.2, 0.25) is 5.91 Å². The molecule has 0 spiro atoms. The highest BCUT2D eigenvalue weighted by atomic mass is 19.1. The first-order chi connectivity index (χ1) is 9.93. The highest BCUT2D eigenvalue weighted by Crippen LogP contribution is 2.29. The van der Waals surface area contributed by atoms with Gasteiger partial charge in [-0.1, -0.05) is 19.1 Å². The van der Waals surface area contributed by atoms with Crippen molar-refractivity contribution in [2.75, 3.05) is 20.6 Å². The lowest BCUT2D eigenvalue weighted by atomic mass is 10.1. The van der Waals surface area contributed by atoms with Gasteiger partial charge in [0.1, 0.15) is 12.0 Å². The molecule has 1 aliphatic rings. The lowest BCUT2D eigenvalue weighted by Gasteiger charge is -2.32. The van der Waals surface area contributed by atoms with Gasteiger partial charge in [0.15, 0.2) is 0 Å². The Labute approximate surface area is 125 Å². The monoisotopic (exact) mass is 293 g/mol. The van der Waals surface area contributed by atoms with Crippen LogP contribution in [0.1, 0.15) is 32.0 Å². The molecule has 1 heterocycles. The van der Waals surface area contributed by atoms with Crippen LogP contribution in [0.4, 0.5) is 4.39 Å². The molecular weight excluding hydrogens is 269 g/mol. The molecule has 1 amide bonds. The van der Waals surface area contributed by atoms with E-state index in [2.05, 4.69) is 10.2 Å². The van der Waals surface area contributed by atoms with Crippen LogP contribution >= 0.6 is 0 Å². The van der Waals surface area contributed by atoms with Crippen molar-refractivity contribution in [2.24, 2.45) is 0 Å². The minimum atomic E-state index is -0.276. The van der Waals surface area contributed by atoms with Crippen LogP contribution in [0, 0.1) is 5.82 Å². The van der Waals surface area contributed by atoms with Crippen molar-refractivity contribution < 1.29 is 9.18 Å². The van der Waals surface area contributed by atoms with E-state index in [-0.39, 0.29) is 30.0 Å². The van der Waals surface area contributed by atoms with Gasteiger partial charge < -0.3 is 9.80 Å². The maximum absolute atomic E-state index is 13.5. The number of nitrogens with one attached hydrogen (secondary N) is 1. The van der Waals surface area contributed by atoms with Gasteiger partial charge in [-0.05, 0) is 45.1 Å². The minimum absolute atomic E-state index is 0.0600. The third-order valence-corrected chi connectivity index (χ3v) is 3.87. The molecule has 1 fully saturated rings. The number of halogens is 1. The molecule has 1 N–H and O–H groups in total. The van der Waals surface area contributed by atoms with E-state index in [0.29, 0.717) is 0 Å². The molecule has 0 aliphatic carbocycles. The van der Waals surface area contributed by atoms with Crippen LogP contribution in [0.5, 0.6) is 0 Å². The Bertz CT molecular complexity index is 506. The summed E-state index contributed by atoms with van der Waals surface area (Å²) < 4.78 is 13.5. The van der Waals surface area contributed by atoms with Crippen molar-refractivity contribution in [3.8, 4) is 0 Å². The molecule has 1 aliphatic heterocycles. The van der Waals surface area contributed by atoms with Crippen LogP contribution in [-0.2, 0) is 4.79 Å². The highest BCUT2D eigenvalue weighted by Gasteiger charge is 2.41. The molecule has 0 aromatic heterocycles. The summed E-state index contributed by atoms with van der Waals surface area (Å²) in [6.45, 7) is 4.79. The van der Waals surface area contributed by atoms with Crippen LogP contribution in [0.15, 0.2) is 24.3 Å². The van der Waals surface area contributed by atoms with Gasteiger partial charge >= 0.3 is 0 Å². The van der Waals surface area contributed by atoms with Crippen molar-refractivity contribution in [2.45, 2.75) is 38.5 Å². The summed E-state index contributed by atoms with van der Waals surface area (Å²) in [5.74, 6) is -0.178. The van der Waals surface area contributed by atoms with Crippen molar-refractivity contribution in [3.05, 3.63) is 35.6 Å². The van der Waals surface area contributed by atoms with E-state index < -0.39 is 0 Å². The Hall–Kier alpha value is -1.46. The Morgan fingerprint density at radius 2 is 2.14 bits per heavy atom. The Morgan fingerprint density at radius 3 is 2.71 bits per heavy atom. The van der Waals surface area contributed by atoms with Crippen LogP contribution in [0.25, 0.3) is 0 Å². The predicted molar refractivity (Wildman–Crippen MR) is 81.2 cm³/mol. The lowest BCUT2D eigenvalue weighted by Crippen LogP contribution is -2.43. The molecule has 5 heteroatoms. The first kappa shape index (κ1) is 15.9. The summed E-state index contributed by atoms with van der Waals surface area (Å²) in [6, 6.07) is 6.34. The Kier molecular flexibility index (Phi) is 4.96. The minimum Gasteiger partial charge on any atom is -0.318 e. The molecule has 0 saturated carbocycles. The zero-order valence-corrected chi connectivity index (χ0v) is 13.1. The molecule has 3 atom stereocenters. The molecule has 1 aromatic rings. The van der Waals surface area contributed by atoms with Crippen LogP contribution < -0.4 is 5.32 Å². The maximum atomic E-state index is 13.5. The normalized spacial score (nSPS) is 23.9. The SMILES string of the molecule is CCC1NC(c2cccc(F)c2)N(C(C)CN(C)C)C1=O. The number of nitrogens with zero attached hydrogens (tertiary/aromatic N) is 2. The average Bonchev–Trinajstić information content (AvgIpc) is 2.75. The fraction of sp³-hybridized carbons (Fsp3) is 0.562. The molecule has 21 heavy (non-hydrogen) atoms. The number of benzene rings is 1. The summed E-state index contributed by atoms with van der Waals surface area (Å²) in [5, 5.41) is 3.33. The average molecular weight is 293 g/mol. The molecule has 4 nitrogen and oxygen atoms in total. The first-order valence-corrected chi connectivity index (χ1v) is 7.42. The standard InChI is InChI=1S/C16H24FN3O/c1-5-14-16(21)20(11(2)10-19(3)4)15(18-14)12-7-6-8-13(17)9-12/h6-9,11,14-15,18H,5,10H2,1-4H3. The van der Waals surface area contributed by atoms with E-state index in [4.69, 9.17) is 0 Å². The first-order valence-electron chi connectivity index (χ1n) is 7.42. The third kappa shape index (κ3) is 3.41. The van der Waals surface area contributed by atoms with E-state index in [9.17, 15) is 9.18 Å².